The number of sulfonamides is 2. The molecule has 0 aliphatic carbocycles. The van der Waals surface area contributed by atoms with Crippen molar-refractivity contribution in [2.45, 2.75) is 9.79 Å². The van der Waals surface area contributed by atoms with Crippen LogP contribution in [0.4, 0.5) is 5.82 Å². The van der Waals surface area contributed by atoms with E-state index >= 15 is 0 Å². The number of rotatable bonds is 4. The molecule has 2 aromatic rings. The molecule has 0 saturated heterocycles. The highest BCUT2D eigenvalue weighted by atomic mass is 79.9. The average molecular weight is 392 g/mol. The van der Waals surface area contributed by atoms with Crippen molar-refractivity contribution in [1.82, 2.24) is 4.98 Å². The van der Waals surface area contributed by atoms with Gasteiger partial charge in [0, 0.05) is 0 Å². The Hall–Kier alpha value is -1.49. The van der Waals surface area contributed by atoms with Gasteiger partial charge in [0.15, 0.2) is 0 Å². The zero-order valence-electron chi connectivity index (χ0n) is 10.4. The molecule has 21 heavy (non-hydrogen) atoms. The van der Waals surface area contributed by atoms with Crippen molar-refractivity contribution < 1.29 is 16.8 Å². The molecule has 0 fully saturated rings. The highest BCUT2D eigenvalue weighted by molar-refractivity contribution is 9.10. The van der Waals surface area contributed by atoms with Gasteiger partial charge in [0.25, 0.3) is 10.0 Å². The number of hydrogen-bond acceptors (Lipinski definition) is 5. The van der Waals surface area contributed by atoms with Crippen LogP contribution in [0.25, 0.3) is 0 Å². The molecule has 0 unspecified atom stereocenters. The summed E-state index contributed by atoms with van der Waals surface area (Å²) in [4.78, 5) is 3.43. The maximum atomic E-state index is 12.2. The van der Waals surface area contributed by atoms with Crippen LogP contribution in [0.15, 0.2) is 56.9 Å². The fourth-order valence-corrected chi connectivity index (χ4v) is 3.50. The third-order valence-corrected chi connectivity index (χ3v) is 5.10. The van der Waals surface area contributed by atoms with Crippen molar-refractivity contribution >= 4 is 41.8 Å². The third kappa shape index (κ3) is 4.00. The van der Waals surface area contributed by atoms with E-state index < -0.39 is 20.0 Å². The molecule has 112 valence electrons. The fourth-order valence-electron chi connectivity index (χ4n) is 1.48. The number of nitrogens with one attached hydrogen (secondary N) is 1. The molecule has 3 N–H and O–H groups in total. The van der Waals surface area contributed by atoms with E-state index in [2.05, 4.69) is 25.6 Å². The van der Waals surface area contributed by atoms with Crippen LogP contribution < -0.4 is 9.86 Å². The lowest BCUT2D eigenvalue weighted by atomic mass is 10.4. The molecule has 0 saturated carbocycles. The Kier molecular flexibility index (Phi) is 4.33. The van der Waals surface area contributed by atoms with Crippen molar-refractivity contribution in [3.63, 3.8) is 0 Å². The number of anilines is 1. The number of hydrogen-bond donors (Lipinski definition) is 2. The first-order chi connectivity index (χ1) is 9.68. The van der Waals surface area contributed by atoms with Gasteiger partial charge in [-0.3, -0.25) is 4.72 Å². The van der Waals surface area contributed by atoms with Crippen molar-refractivity contribution in [2.24, 2.45) is 5.14 Å². The van der Waals surface area contributed by atoms with Crippen LogP contribution in [-0.4, -0.2) is 21.8 Å². The monoisotopic (exact) mass is 391 g/mol. The highest BCUT2D eigenvalue weighted by Gasteiger charge is 2.18. The number of benzene rings is 1. The number of nitrogens with two attached hydrogens (primary N) is 1. The van der Waals surface area contributed by atoms with Crippen molar-refractivity contribution in [2.75, 3.05) is 4.72 Å². The lowest BCUT2D eigenvalue weighted by molar-refractivity contribution is 0.597. The molecule has 7 nitrogen and oxygen atoms in total. The predicted molar refractivity (Wildman–Crippen MR) is 80.6 cm³/mol. The van der Waals surface area contributed by atoms with E-state index in [1.165, 1.54) is 24.3 Å². The third-order valence-electron chi connectivity index (χ3n) is 2.40. The Labute approximate surface area is 130 Å². The number of halogens is 1. The van der Waals surface area contributed by atoms with Gasteiger partial charge in [-0.15, -0.1) is 0 Å². The lowest BCUT2D eigenvalue weighted by Gasteiger charge is -2.08. The zero-order chi connectivity index (χ0) is 15.7. The number of pyridine rings is 1. The van der Waals surface area contributed by atoms with Gasteiger partial charge in [0.05, 0.1) is 9.79 Å². The summed E-state index contributed by atoms with van der Waals surface area (Å²) < 4.78 is 49.6. The normalized spacial score (nSPS) is 12.1. The molecule has 10 heteroatoms. The molecule has 1 heterocycles. The topological polar surface area (TPSA) is 119 Å². The summed E-state index contributed by atoms with van der Waals surface area (Å²) >= 11 is 3.12. The molecule has 0 atom stereocenters. The molecule has 0 spiro atoms. The van der Waals surface area contributed by atoms with Gasteiger partial charge >= 0.3 is 0 Å². The Balaban J connectivity index is 2.41. The predicted octanol–water partition coefficient (Wildman–Crippen LogP) is 1.29. The van der Waals surface area contributed by atoms with Crippen LogP contribution in [0, 0.1) is 0 Å². The van der Waals surface area contributed by atoms with E-state index in [0.29, 0.717) is 4.60 Å². The van der Waals surface area contributed by atoms with Gasteiger partial charge in [0.2, 0.25) is 10.0 Å². The minimum Gasteiger partial charge on any atom is -0.263 e. The number of primary sulfonamides is 1. The van der Waals surface area contributed by atoms with Crippen LogP contribution in [0.5, 0.6) is 0 Å². The minimum absolute atomic E-state index is 0.102. The zero-order valence-corrected chi connectivity index (χ0v) is 13.6. The molecule has 0 aliphatic rings. The minimum atomic E-state index is -3.98. The van der Waals surface area contributed by atoms with E-state index in [-0.39, 0.29) is 15.6 Å². The van der Waals surface area contributed by atoms with Gasteiger partial charge in [0.1, 0.15) is 10.4 Å². The molecule has 0 bridgehead atoms. The van der Waals surface area contributed by atoms with Gasteiger partial charge in [-0.25, -0.2) is 27.0 Å². The quantitative estimate of drug-likeness (QED) is 0.760. The molecular formula is C11H10BrN3O4S2. The van der Waals surface area contributed by atoms with E-state index in [0.717, 1.165) is 6.07 Å². The fraction of sp³-hybridized carbons (Fsp3) is 0. The first-order valence-corrected chi connectivity index (χ1v) is 9.29. The summed E-state index contributed by atoms with van der Waals surface area (Å²) in [5.74, 6) is 0.102. The average Bonchev–Trinajstić information content (AvgIpc) is 2.37. The molecule has 1 aromatic heterocycles. The summed E-state index contributed by atoms with van der Waals surface area (Å²) in [6.45, 7) is 0. The molecule has 2 rings (SSSR count). The summed E-state index contributed by atoms with van der Waals surface area (Å²) in [6.07, 6.45) is 0. The Bertz CT molecular complexity index is 882. The van der Waals surface area contributed by atoms with E-state index in [1.54, 1.807) is 12.1 Å². The molecule has 0 radical (unpaired) electrons. The number of nitrogens with zero attached hydrogens (tertiary/aromatic N) is 1. The smallest absolute Gasteiger partial charge is 0.263 e. The van der Waals surface area contributed by atoms with E-state index in [1.807, 2.05) is 0 Å². The van der Waals surface area contributed by atoms with Crippen LogP contribution in [0.2, 0.25) is 0 Å². The van der Waals surface area contributed by atoms with Gasteiger partial charge in [-0.1, -0.05) is 12.1 Å². The summed E-state index contributed by atoms with van der Waals surface area (Å²) in [6, 6.07) is 9.46. The Morgan fingerprint density at radius 1 is 1.00 bits per heavy atom. The highest BCUT2D eigenvalue weighted by Crippen LogP contribution is 2.18. The summed E-state index contributed by atoms with van der Waals surface area (Å²) in [5, 5.41) is 4.98. The number of aromatic nitrogens is 1. The van der Waals surface area contributed by atoms with E-state index in [9.17, 15) is 16.8 Å². The summed E-state index contributed by atoms with van der Waals surface area (Å²) in [5.41, 5.74) is 0. The van der Waals surface area contributed by atoms with E-state index in [4.69, 9.17) is 5.14 Å². The largest absolute Gasteiger partial charge is 0.263 e. The SMILES string of the molecule is NS(=O)(=O)c1cccc(S(=O)(=O)Nc2cccc(Br)n2)c1. The molecular weight excluding hydrogens is 382 g/mol. The lowest BCUT2D eigenvalue weighted by Crippen LogP contribution is -2.16. The Morgan fingerprint density at radius 2 is 1.62 bits per heavy atom. The van der Waals surface area contributed by atoms with Crippen molar-refractivity contribution in [3.8, 4) is 0 Å². The summed E-state index contributed by atoms with van der Waals surface area (Å²) in [7, 11) is -7.95. The van der Waals surface area contributed by atoms with Crippen molar-refractivity contribution in [3.05, 3.63) is 47.1 Å². The second kappa shape index (κ2) is 5.72. The maximum absolute atomic E-state index is 12.2. The second-order valence-electron chi connectivity index (χ2n) is 3.97. The standard InChI is InChI=1S/C11H10BrN3O4S2/c12-10-5-2-6-11(14-10)15-21(18,19)9-4-1-3-8(7-9)20(13,16)17/h1-7H,(H,14,15)(H2,13,16,17). The first-order valence-electron chi connectivity index (χ1n) is 5.47. The molecule has 1 aromatic carbocycles. The molecule has 0 amide bonds. The first kappa shape index (κ1) is 15.9. The van der Waals surface area contributed by atoms with Crippen LogP contribution in [-0.2, 0) is 20.0 Å². The van der Waals surface area contributed by atoms with Crippen LogP contribution in [0.3, 0.4) is 0 Å². The van der Waals surface area contributed by atoms with Crippen molar-refractivity contribution in [1.29, 1.82) is 0 Å². The second-order valence-corrected chi connectivity index (χ2v) is 8.03. The van der Waals surface area contributed by atoms with Gasteiger partial charge in [-0.2, -0.15) is 0 Å². The maximum Gasteiger partial charge on any atom is 0.263 e. The van der Waals surface area contributed by atoms with Gasteiger partial charge < -0.3 is 0 Å². The van der Waals surface area contributed by atoms with Gasteiger partial charge in [-0.05, 0) is 46.3 Å². The van der Waals surface area contributed by atoms with Crippen LogP contribution >= 0.6 is 15.9 Å². The Morgan fingerprint density at radius 3 is 2.24 bits per heavy atom. The van der Waals surface area contributed by atoms with Crippen LogP contribution in [0.1, 0.15) is 0 Å². The molecule has 0 aliphatic heterocycles.